The molecular formula is C29H34N6O3S. The normalized spacial score (nSPS) is 25.8. The number of aromatic nitrogens is 3. The van der Waals surface area contributed by atoms with E-state index < -0.39 is 11.0 Å². The van der Waals surface area contributed by atoms with Crippen LogP contribution in [0, 0.1) is 34.8 Å². The summed E-state index contributed by atoms with van der Waals surface area (Å²) in [5.41, 5.74) is 3.00. The lowest BCUT2D eigenvalue weighted by molar-refractivity contribution is -0.384. The summed E-state index contributed by atoms with van der Waals surface area (Å²) in [6.45, 7) is 3.97. The summed E-state index contributed by atoms with van der Waals surface area (Å²) in [6, 6.07) is 14.1. The Kier molecular flexibility index (Phi) is 6.82. The third-order valence-electron chi connectivity index (χ3n) is 8.58. The van der Waals surface area contributed by atoms with Crippen molar-refractivity contribution < 1.29 is 9.72 Å². The number of rotatable bonds is 8. The maximum absolute atomic E-state index is 13.3. The molecule has 10 heteroatoms. The molecule has 0 aliphatic heterocycles. The van der Waals surface area contributed by atoms with Crippen LogP contribution in [0.1, 0.15) is 68.4 Å². The number of hydrogen-bond acceptors (Lipinski definition) is 6. The van der Waals surface area contributed by atoms with Gasteiger partial charge >= 0.3 is 6.03 Å². The third kappa shape index (κ3) is 5.39. The molecule has 9 nitrogen and oxygen atoms in total. The number of non-ortho nitro benzene ring substituents is 1. The second-order valence-corrected chi connectivity index (χ2v) is 12.7. The Morgan fingerprint density at radius 2 is 1.77 bits per heavy atom. The maximum Gasteiger partial charge on any atom is 0.315 e. The fraction of sp³-hybridized carbons (Fsp3) is 0.483. The average Bonchev–Trinajstić information content (AvgIpc) is 3.30. The molecule has 1 heterocycles. The molecule has 7 rings (SSSR count). The largest absolute Gasteiger partial charge is 0.333 e. The van der Waals surface area contributed by atoms with Gasteiger partial charge in [0.05, 0.1) is 11.0 Å². The van der Waals surface area contributed by atoms with Crippen molar-refractivity contribution >= 4 is 23.5 Å². The molecule has 204 valence electrons. The number of aryl methyl sites for hydroxylation is 1. The highest BCUT2D eigenvalue weighted by molar-refractivity contribution is 7.98. The van der Waals surface area contributed by atoms with Gasteiger partial charge in [0, 0.05) is 29.1 Å². The van der Waals surface area contributed by atoms with E-state index >= 15 is 0 Å². The van der Waals surface area contributed by atoms with E-state index in [4.69, 9.17) is 0 Å². The van der Waals surface area contributed by atoms with E-state index in [0.717, 1.165) is 37.0 Å². The molecule has 0 spiro atoms. The Hall–Kier alpha value is -3.40. The molecule has 4 saturated carbocycles. The number of nitro groups is 1. The molecule has 0 saturated heterocycles. The van der Waals surface area contributed by atoms with Gasteiger partial charge in [-0.3, -0.25) is 14.7 Å². The number of nitro benzene ring substituents is 1. The predicted molar refractivity (Wildman–Crippen MR) is 150 cm³/mol. The molecule has 1 aromatic heterocycles. The molecule has 1 atom stereocenters. The minimum absolute atomic E-state index is 0.0171. The molecular weight excluding hydrogens is 512 g/mol. The SMILES string of the molecule is Cc1cccc(CSc2nnc(C(C)NC(=O)NC34CC5CC(CC(C5)C3)C4)n2-c2ccc([N+](=O)[O-])cc2)c1. The standard InChI is InChI=1S/C29H34N6O3S/c1-18-4-3-5-20(10-18)17-39-28-33-32-26(34(28)24-6-8-25(9-7-24)35(37)38)19(2)30-27(36)31-29-14-21-11-22(15-29)13-23(12-21)16-29/h3-10,19,21-23H,11-17H2,1-2H3,(H2,30,31,36). The van der Waals surface area contributed by atoms with Gasteiger partial charge < -0.3 is 10.6 Å². The van der Waals surface area contributed by atoms with Crippen molar-refractivity contribution in [3.05, 3.63) is 75.6 Å². The highest BCUT2D eigenvalue weighted by Gasteiger charge is 2.51. The summed E-state index contributed by atoms with van der Waals surface area (Å²) in [5, 5.41) is 27.3. The van der Waals surface area contributed by atoms with Gasteiger partial charge in [0.15, 0.2) is 11.0 Å². The Bertz CT molecular complexity index is 1350. The van der Waals surface area contributed by atoms with Crippen molar-refractivity contribution in [3.63, 3.8) is 0 Å². The highest BCUT2D eigenvalue weighted by atomic mass is 32.2. The van der Waals surface area contributed by atoms with Gasteiger partial charge in [-0.2, -0.15) is 0 Å². The smallest absolute Gasteiger partial charge is 0.315 e. The van der Waals surface area contributed by atoms with Crippen molar-refractivity contribution in [2.45, 2.75) is 74.9 Å². The number of carbonyl (C=O) groups is 1. The Morgan fingerprint density at radius 1 is 1.10 bits per heavy atom. The lowest BCUT2D eigenvalue weighted by Gasteiger charge is -2.56. The number of benzene rings is 2. The molecule has 4 aliphatic carbocycles. The Labute approximate surface area is 232 Å². The van der Waals surface area contributed by atoms with E-state index in [-0.39, 0.29) is 17.3 Å². The van der Waals surface area contributed by atoms with E-state index in [1.54, 1.807) is 23.9 Å². The van der Waals surface area contributed by atoms with Gasteiger partial charge in [-0.1, -0.05) is 41.6 Å². The fourth-order valence-electron chi connectivity index (χ4n) is 7.37. The summed E-state index contributed by atoms with van der Waals surface area (Å²) in [5.74, 6) is 3.50. The van der Waals surface area contributed by atoms with Crippen LogP contribution in [-0.4, -0.2) is 31.3 Å². The predicted octanol–water partition coefficient (Wildman–Crippen LogP) is 6.11. The van der Waals surface area contributed by atoms with Gasteiger partial charge in [0.2, 0.25) is 0 Å². The van der Waals surface area contributed by atoms with E-state index in [9.17, 15) is 14.9 Å². The number of carbonyl (C=O) groups excluding carboxylic acids is 1. The fourth-order valence-corrected chi connectivity index (χ4v) is 8.27. The summed E-state index contributed by atoms with van der Waals surface area (Å²) in [6.07, 6.45) is 7.21. The number of thioether (sulfide) groups is 1. The molecule has 4 aliphatic rings. The molecule has 4 bridgehead atoms. The number of nitrogens with zero attached hydrogens (tertiary/aromatic N) is 4. The van der Waals surface area contributed by atoms with Crippen LogP contribution in [0.5, 0.6) is 0 Å². The van der Waals surface area contributed by atoms with Crippen LogP contribution in [0.25, 0.3) is 5.69 Å². The maximum atomic E-state index is 13.3. The zero-order valence-corrected chi connectivity index (χ0v) is 23.1. The molecule has 4 fully saturated rings. The van der Waals surface area contributed by atoms with E-state index in [2.05, 4.69) is 46.0 Å². The molecule has 2 aromatic carbocycles. The highest BCUT2D eigenvalue weighted by Crippen LogP contribution is 2.55. The van der Waals surface area contributed by atoms with Gasteiger partial charge in [-0.05, 0) is 87.8 Å². The quantitative estimate of drug-likeness (QED) is 0.200. The van der Waals surface area contributed by atoms with Crippen LogP contribution in [0.15, 0.2) is 53.7 Å². The molecule has 2 amide bonds. The zero-order chi connectivity index (χ0) is 27.1. The lowest BCUT2D eigenvalue weighted by Crippen LogP contribution is -2.61. The first-order valence-electron chi connectivity index (χ1n) is 13.7. The molecule has 2 N–H and O–H groups in total. The van der Waals surface area contributed by atoms with Crippen LogP contribution in [0.2, 0.25) is 0 Å². The molecule has 0 radical (unpaired) electrons. The number of urea groups is 1. The van der Waals surface area contributed by atoms with E-state index in [1.807, 2.05) is 17.6 Å². The van der Waals surface area contributed by atoms with Crippen LogP contribution >= 0.6 is 11.8 Å². The first kappa shape index (κ1) is 25.9. The van der Waals surface area contributed by atoms with E-state index in [1.165, 1.54) is 42.5 Å². The summed E-state index contributed by atoms with van der Waals surface area (Å²) < 4.78 is 1.89. The molecule has 39 heavy (non-hydrogen) atoms. The lowest BCUT2D eigenvalue weighted by atomic mass is 9.53. The van der Waals surface area contributed by atoms with Gasteiger partial charge in [-0.25, -0.2) is 4.79 Å². The van der Waals surface area contributed by atoms with Gasteiger partial charge in [0.25, 0.3) is 5.69 Å². The van der Waals surface area contributed by atoms with Crippen LogP contribution < -0.4 is 10.6 Å². The Balaban J connectivity index is 1.22. The third-order valence-corrected chi connectivity index (χ3v) is 9.58. The first-order chi connectivity index (χ1) is 18.8. The summed E-state index contributed by atoms with van der Waals surface area (Å²) >= 11 is 1.54. The minimum Gasteiger partial charge on any atom is -0.333 e. The number of amides is 2. The first-order valence-corrected chi connectivity index (χ1v) is 14.7. The summed E-state index contributed by atoms with van der Waals surface area (Å²) in [7, 11) is 0. The van der Waals surface area contributed by atoms with Crippen LogP contribution in [0.3, 0.4) is 0 Å². The minimum atomic E-state index is -0.421. The van der Waals surface area contributed by atoms with Crippen LogP contribution in [-0.2, 0) is 5.75 Å². The molecule has 3 aromatic rings. The average molecular weight is 547 g/mol. The molecule has 1 unspecified atom stereocenters. The van der Waals surface area contributed by atoms with Crippen molar-refractivity contribution in [1.29, 1.82) is 0 Å². The second kappa shape index (κ2) is 10.3. The Morgan fingerprint density at radius 3 is 2.38 bits per heavy atom. The topological polar surface area (TPSA) is 115 Å². The van der Waals surface area contributed by atoms with Crippen molar-refractivity contribution in [1.82, 2.24) is 25.4 Å². The monoisotopic (exact) mass is 546 g/mol. The van der Waals surface area contributed by atoms with Crippen LogP contribution in [0.4, 0.5) is 10.5 Å². The number of nitrogens with one attached hydrogen (secondary N) is 2. The van der Waals surface area contributed by atoms with Gasteiger partial charge in [0.1, 0.15) is 0 Å². The van der Waals surface area contributed by atoms with Crippen molar-refractivity contribution in [2.75, 3.05) is 0 Å². The van der Waals surface area contributed by atoms with Gasteiger partial charge in [-0.15, -0.1) is 10.2 Å². The second-order valence-electron chi connectivity index (χ2n) is 11.7. The van der Waals surface area contributed by atoms with E-state index in [0.29, 0.717) is 22.4 Å². The van der Waals surface area contributed by atoms with Crippen molar-refractivity contribution in [3.8, 4) is 5.69 Å². The summed E-state index contributed by atoms with van der Waals surface area (Å²) in [4.78, 5) is 24.1. The zero-order valence-electron chi connectivity index (χ0n) is 22.3. The number of hydrogen-bond donors (Lipinski definition) is 2. The van der Waals surface area contributed by atoms with Crippen molar-refractivity contribution in [2.24, 2.45) is 17.8 Å².